The maximum absolute atomic E-state index is 14.0. The number of hydrogen-bond donors (Lipinski definition) is 4. The van der Waals surface area contributed by atoms with E-state index in [2.05, 4.69) is 9.97 Å². The Kier molecular flexibility index (Phi) is 6.93. The number of fused-ring (bicyclic) bond motifs is 6. The van der Waals surface area contributed by atoms with Gasteiger partial charge in [-0.2, -0.15) is 0 Å². The molecule has 4 N–H and O–H groups in total. The number of esters is 1. The van der Waals surface area contributed by atoms with Crippen LogP contribution in [0.4, 0.5) is 16.2 Å². The minimum Gasteiger partial charge on any atom is -0.506 e. The van der Waals surface area contributed by atoms with Gasteiger partial charge in [0.2, 0.25) is 0 Å². The van der Waals surface area contributed by atoms with E-state index in [1.54, 1.807) is 32.9 Å². The number of carbonyl (C=O) groups is 3. The van der Waals surface area contributed by atoms with Gasteiger partial charge in [-0.25, -0.2) is 9.59 Å². The number of aromatic amines is 2. The lowest BCUT2D eigenvalue weighted by molar-refractivity contribution is 0.0577. The Balaban J connectivity index is 1.43. The zero-order valence-electron chi connectivity index (χ0n) is 23.9. The first-order valence-corrected chi connectivity index (χ1v) is 14.7. The summed E-state index contributed by atoms with van der Waals surface area (Å²) < 4.78 is 10.4. The number of anilines is 2. The van der Waals surface area contributed by atoms with E-state index in [0.29, 0.717) is 33.2 Å². The molecule has 13 heteroatoms. The van der Waals surface area contributed by atoms with Crippen molar-refractivity contribution in [1.82, 2.24) is 9.97 Å². The van der Waals surface area contributed by atoms with E-state index in [9.17, 15) is 24.6 Å². The monoisotopic (exact) mass is 628 g/mol. The SMILES string of the molecule is COC(=O)c1cc2c3c(cc(O)c2[nH]1)N(C(=O)c1cc2c4c(cc(O)c2[nH]1)N(C(=O)OC(C)(C)C)C[C@H]4CCl)C[C@@H]3CCl. The number of aromatic nitrogens is 2. The summed E-state index contributed by atoms with van der Waals surface area (Å²) in [6, 6.07) is 6.18. The lowest BCUT2D eigenvalue weighted by Gasteiger charge is -2.25. The molecule has 2 aromatic heterocycles. The van der Waals surface area contributed by atoms with Crippen molar-refractivity contribution in [3.63, 3.8) is 0 Å². The molecule has 2 amide bonds. The van der Waals surface area contributed by atoms with Gasteiger partial charge in [0.25, 0.3) is 5.91 Å². The average molecular weight is 629 g/mol. The van der Waals surface area contributed by atoms with E-state index in [1.807, 2.05) is 0 Å². The van der Waals surface area contributed by atoms with Crippen LogP contribution in [0.25, 0.3) is 21.8 Å². The highest BCUT2D eigenvalue weighted by Crippen LogP contribution is 2.48. The van der Waals surface area contributed by atoms with Gasteiger partial charge in [0, 0.05) is 59.6 Å². The highest BCUT2D eigenvalue weighted by atomic mass is 35.5. The Morgan fingerprint density at radius 2 is 1.35 bits per heavy atom. The predicted molar refractivity (Wildman–Crippen MR) is 163 cm³/mol. The van der Waals surface area contributed by atoms with E-state index in [4.69, 9.17) is 32.7 Å². The summed E-state index contributed by atoms with van der Waals surface area (Å²) in [7, 11) is 1.26. The van der Waals surface area contributed by atoms with E-state index < -0.39 is 23.6 Å². The lowest BCUT2D eigenvalue weighted by Crippen LogP contribution is -2.36. The molecule has 0 aliphatic carbocycles. The second kappa shape index (κ2) is 10.3. The quantitative estimate of drug-likeness (QED) is 0.162. The van der Waals surface area contributed by atoms with Gasteiger partial charge in [0.15, 0.2) is 0 Å². The number of phenolic OH excluding ortho intramolecular Hbond substituents is 2. The lowest BCUT2D eigenvalue weighted by atomic mass is 9.98. The molecule has 11 nitrogen and oxygen atoms in total. The van der Waals surface area contributed by atoms with Crippen molar-refractivity contribution in [2.24, 2.45) is 0 Å². The summed E-state index contributed by atoms with van der Waals surface area (Å²) in [6.07, 6.45) is -0.557. The fourth-order valence-electron chi connectivity index (χ4n) is 6.11. The number of nitrogens with one attached hydrogen (secondary N) is 2. The Hall–Kier alpha value is -4.09. The van der Waals surface area contributed by atoms with Crippen molar-refractivity contribution in [2.45, 2.75) is 38.2 Å². The molecular weight excluding hydrogens is 599 g/mol. The molecule has 0 saturated carbocycles. The summed E-state index contributed by atoms with van der Waals surface area (Å²) in [6.45, 7) is 5.81. The number of hydrogen-bond acceptors (Lipinski definition) is 7. The standard InChI is InChI=1S/C30H30Cl2N4O7/c1-30(2,3)43-29(41)36-12-14(10-32)24-15-5-17(33-25(15)22(38)8-20(24)36)27(39)35-11-13(9-31)23-16-6-18(28(40)42-4)34-26(16)21(37)7-19(23)35/h5-8,13-14,33-34,37-38H,9-12H2,1-4H3/t13-,14+/m0/s1. The topological polar surface area (TPSA) is 148 Å². The number of benzene rings is 2. The van der Waals surface area contributed by atoms with E-state index in [1.165, 1.54) is 29.0 Å². The normalized spacial score (nSPS) is 17.9. The third-order valence-corrected chi connectivity index (χ3v) is 8.64. The second-order valence-corrected chi connectivity index (χ2v) is 12.4. The Bertz CT molecular complexity index is 1820. The van der Waals surface area contributed by atoms with Gasteiger partial charge in [0.1, 0.15) is 28.5 Å². The second-order valence-electron chi connectivity index (χ2n) is 11.8. The first-order chi connectivity index (χ1) is 20.4. The maximum atomic E-state index is 14.0. The number of aromatic hydroxyl groups is 2. The van der Waals surface area contributed by atoms with Crippen LogP contribution in [0.2, 0.25) is 0 Å². The largest absolute Gasteiger partial charge is 0.506 e. The van der Waals surface area contributed by atoms with Gasteiger partial charge in [-0.3, -0.25) is 9.69 Å². The molecule has 4 aromatic rings. The summed E-state index contributed by atoms with van der Waals surface area (Å²) in [5.41, 5.74) is 2.69. The summed E-state index contributed by atoms with van der Waals surface area (Å²) >= 11 is 12.7. The van der Waals surface area contributed by atoms with Crippen molar-refractivity contribution < 1.29 is 34.1 Å². The molecule has 0 fully saturated rings. The first kappa shape index (κ1) is 29.0. The van der Waals surface area contributed by atoms with Crippen molar-refractivity contribution in [3.05, 3.63) is 46.8 Å². The van der Waals surface area contributed by atoms with Crippen LogP contribution in [0.3, 0.4) is 0 Å². The molecule has 226 valence electrons. The van der Waals surface area contributed by atoms with Gasteiger partial charge >= 0.3 is 12.1 Å². The summed E-state index contributed by atoms with van der Waals surface area (Å²) in [5, 5.41) is 23.0. The van der Waals surface area contributed by atoms with Crippen LogP contribution < -0.4 is 9.80 Å². The molecule has 0 radical (unpaired) electrons. The smallest absolute Gasteiger partial charge is 0.414 e. The van der Waals surface area contributed by atoms with E-state index in [0.717, 1.165) is 11.1 Å². The highest BCUT2D eigenvalue weighted by molar-refractivity contribution is 6.20. The fraction of sp³-hybridized carbons (Fsp3) is 0.367. The van der Waals surface area contributed by atoms with Gasteiger partial charge in [-0.05, 0) is 44.0 Å². The van der Waals surface area contributed by atoms with Gasteiger partial charge in [-0.15, -0.1) is 23.2 Å². The Morgan fingerprint density at radius 1 is 0.860 bits per heavy atom. The predicted octanol–water partition coefficient (Wildman–Crippen LogP) is 5.91. The van der Waals surface area contributed by atoms with E-state index >= 15 is 0 Å². The van der Waals surface area contributed by atoms with E-state index in [-0.39, 0.29) is 59.6 Å². The molecule has 0 saturated heterocycles. The van der Waals surface area contributed by atoms with Crippen LogP contribution in [0, 0.1) is 0 Å². The number of alkyl halides is 2. The number of ether oxygens (including phenoxy) is 2. The van der Waals surface area contributed by atoms with Crippen LogP contribution in [0.15, 0.2) is 24.3 Å². The minimum absolute atomic E-state index is 0.140. The number of rotatable bonds is 4. The fourth-order valence-corrected chi connectivity index (χ4v) is 6.62. The third-order valence-electron chi connectivity index (χ3n) is 7.90. The molecular formula is C30H30Cl2N4O7. The van der Waals surface area contributed by atoms with Gasteiger partial charge in [-0.1, -0.05) is 0 Å². The number of halogens is 2. The van der Waals surface area contributed by atoms with Crippen LogP contribution in [-0.4, -0.2) is 75.7 Å². The molecule has 2 atom stereocenters. The maximum Gasteiger partial charge on any atom is 0.414 e. The molecule has 0 unspecified atom stereocenters. The highest BCUT2D eigenvalue weighted by Gasteiger charge is 2.39. The summed E-state index contributed by atoms with van der Waals surface area (Å²) in [5.74, 6) is -1.44. The number of phenols is 2. The molecule has 43 heavy (non-hydrogen) atoms. The van der Waals surface area contributed by atoms with Crippen LogP contribution >= 0.6 is 23.2 Å². The van der Waals surface area contributed by atoms with Gasteiger partial charge < -0.3 is 34.6 Å². The molecule has 6 rings (SSSR count). The number of methoxy groups -OCH3 is 1. The number of carbonyl (C=O) groups excluding carboxylic acids is 3. The summed E-state index contributed by atoms with van der Waals surface area (Å²) in [4.78, 5) is 48.2. The van der Waals surface area contributed by atoms with Crippen LogP contribution in [0.5, 0.6) is 11.5 Å². The first-order valence-electron chi connectivity index (χ1n) is 13.7. The Labute approximate surface area is 256 Å². The molecule has 2 aliphatic rings. The molecule has 0 spiro atoms. The van der Waals surface area contributed by atoms with Crippen molar-refractivity contribution in [1.29, 1.82) is 0 Å². The molecule has 4 heterocycles. The Morgan fingerprint density at radius 3 is 1.86 bits per heavy atom. The van der Waals surface area contributed by atoms with Crippen molar-refractivity contribution >= 4 is 74.4 Å². The van der Waals surface area contributed by atoms with Gasteiger partial charge in [0.05, 0.1) is 29.5 Å². The zero-order valence-corrected chi connectivity index (χ0v) is 25.4. The molecule has 2 aliphatic heterocycles. The van der Waals surface area contributed by atoms with Crippen LogP contribution in [0.1, 0.15) is 64.7 Å². The van der Waals surface area contributed by atoms with Crippen molar-refractivity contribution in [3.8, 4) is 11.5 Å². The molecule has 2 aromatic carbocycles. The number of amides is 2. The third kappa shape index (κ3) is 4.62. The number of H-pyrrole nitrogens is 2. The zero-order chi connectivity index (χ0) is 31.0. The minimum atomic E-state index is -0.718. The number of nitrogens with zero attached hydrogens (tertiary/aromatic N) is 2. The van der Waals surface area contributed by atoms with Crippen molar-refractivity contribution in [2.75, 3.05) is 41.8 Å². The van der Waals surface area contributed by atoms with Crippen LogP contribution in [-0.2, 0) is 9.47 Å². The molecule has 0 bridgehead atoms. The average Bonchev–Trinajstić information content (AvgIpc) is 3.73.